The van der Waals surface area contributed by atoms with E-state index in [9.17, 15) is 13.6 Å². The van der Waals surface area contributed by atoms with Crippen LogP contribution < -0.4 is 15.4 Å². The lowest BCUT2D eigenvalue weighted by Gasteiger charge is -2.19. The first-order chi connectivity index (χ1) is 19.9. The van der Waals surface area contributed by atoms with Crippen LogP contribution in [0.3, 0.4) is 0 Å². The van der Waals surface area contributed by atoms with E-state index in [-0.39, 0.29) is 28.0 Å². The maximum atomic E-state index is 16.0. The minimum atomic E-state index is -0.609. The van der Waals surface area contributed by atoms with Gasteiger partial charge in [0.2, 0.25) is 5.91 Å². The van der Waals surface area contributed by atoms with Crippen LogP contribution in [-0.4, -0.2) is 42.2 Å². The molecule has 3 heterocycles. The van der Waals surface area contributed by atoms with Crippen molar-refractivity contribution in [3.05, 3.63) is 77.2 Å². The van der Waals surface area contributed by atoms with Crippen LogP contribution in [-0.2, 0) is 9.53 Å². The van der Waals surface area contributed by atoms with E-state index < -0.39 is 17.5 Å². The Kier molecular flexibility index (Phi) is 9.42. The summed E-state index contributed by atoms with van der Waals surface area (Å²) in [4.78, 5) is 21.3. The summed E-state index contributed by atoms with van der Waals surface area (Å²) >= 11 is 2.32. The number of pyridine rings is 1. The lowest BCUT2D eigenvalue weighted by atomic mass is 10.0. The molecule has 1 amide bonds. The number of rotatable bonds is 10. The Hall–Kier alpha value is -3.61. The molecule has 12 heteroatoms. The topological polar surface area (TPSA) is 88.2 Å². The van der Waals surface area contributed by atoms with Gasteiger partial charge in [-0.1, -0.05) is 6.07 Å². The maximum absolute atomic E-state index is 16.0. The van der Waals surface area contributed by atoms with Crippen LogP contribution in [0.4, 0.5) is 24.7 Å². The SMILES string of the molecule is CC(=O)NCCNc1cc(-c2sc(C3CCOCC3)nc2-c2cccc(NSc3cc(F)ccc3F)c2F)ccn1. The lowest BCUT2D eigenvalue weighted by molar-refractivity contribution is -0.118. The van der Waals surface area contributed by atoms with Crippen molar-refractivity contribution in [2.75, 3.05) is 36.3 Å². The predicted octanol–water partition coefficient (Wildman–Crippen LogP) is 6.85. The van der Waals surface area contributed by atoms with Gasteiger partial charge >= 0.3 is 0 Å². The quantitative estimate of drug-likeness (QED) is 0.136. The zero-order chi connectivity index (χ0) is 28.8. The van der Waals surface area contributed by atoms with Gasteiger partial charge in [0.1, 0.15) is 17.5 Å². The Balaban J connectivity index is 1.47. The first-order valence-corrected chi connectivity index (χ1v) is 14.7. The van der Waals surface area contributed by atoms with Gasteiger partial charge in [-0.15, -0.1) is 11.3 Å². The third-order valence-electron chi connectivity index (χ3n) is 6.46. The average molecular weight is 600 g/mol. The second-order valence-corrected chi connectivity index (χ2v) is 11.3. The molecule has 3 N–H and O–H groups in total. The van der Waals surface area contributed by atoms with E-state index in [1.165, 1.54) is 24.3 Å². The van der Waals surface area contributed by atoms with E-state index in [2.05, 4.69) is 20.3 Å². The second-order valence-electron chi connectivity index (χ2n) is 9.40. The van der Waals surface area contributed by atoms with Gasteiger partial charge < -0.3 is 20.1 Å². The molecule has 1 aliphatic rings. The number of nitrogens with zero attached hydrogens (tertiary/aromatic N) is 2. The highest BCUT2D eigenvalue weighted by Gasteiger charge is 2.25. The summed E-state index contributed by atoms with van der Waals surface area (Å²) in [6.07, 6.45) is 3.34. The predicted molar refractivity (Wildman–Crippen MR) is 157 cm³/mol. The fraction of sp³-hybridized carbons (Fsp3) is 0.276. The molecule has 2 aromatic heterocycles. The van der Waals surface area contributed by atoms with Crippen molar-refractivity contribution in [1.82, 2.24) is 15.3 Å². The molecule has 2 aromatic carbocycles. The van der Waals surface area contributed by atoms with Crippen LogP contribution in [0.2, 0.25) is 0 Å². The van der Waals surface area contributed by atoms with Gasteiger partial charge in [0.25, 0.3) is 0 Å². The molecule has 41 heavy (non-hydrogen) atoms. The number of amides is 1. The van der Waals surface area contributed by atoms with Gasteiger partial charge in [-0.05, 0) is 72.8 Å². The standard InChI is InChI=1S/C29H28F3N5O2S2/c1-17(38)33-11-12-35-25-15-19(7-10-34-25)28-27(36-29(40-28)18-8-13-39-14-9-18)21-3-2-4-23(26(21)32)37-41-24-16-20(30)5-6-22(24)31/h2-7,10,15-16,18,37H,8-9,11-14H2,1H3,(H,33,38)(H,34,35). The Labute approximate surface area is 244 Å². The number of ether oxygens (including phenoxy) is 1. The number of benzene rings is 2. The van der Waals surface area contributed by atoms with E-state index in [1.807, 2.05) is 12.1 Å². The Morgan fingerprint density at radius 3 is 2.73 bits per heavy atom. The van der Waals surface area contributed by atoms with Gasteiger partial charge in [0.15, 0.2) is 5.82 Å². The van der Waals surface area contributed by atoms with Crippen LogP contribution in [0.5, 0.6) is 0 Å². The molecule has 0 saturated carbocycles. The van der Waals surface area contributed by atoms with Crippen LogP contribution in [0.15, 0.2) is 59.6 Å². The normalized spacial score (nSPS) is 13.7. The van der Waals surface area contributed by atoms with Crippen LogP contribution >= 0.6 is 23.3 Å². The van der Waals surface area contributed by atoms with Crippen molar-refractivity contribution in [1.29, 1.82) is 0 Å². The van der Waals surface area contributed by atoms with Crippen molar-refractivity contribution in [2.45, 2.75) is 30.6 Å². The minimum absolute atomic E-state index is 0.0151. The van der Waals surface area contributed by atoms with Crippen LogP contribution in [0.1, 0.15) is 30.7 Å². The summed E-state index contributed by atoms with van der Waals surface area (Å²) in [6.45, 7) is 3.69. The zero-order valence-corrected chi connectivity index (χ0v) is 23.8. The number of anilines is 2. The molecule has 214 valence electrons. The first-order valence-electron chi connectivity index (χ1n) is 13.1. The minimum Gasteiger partial charge on any atom is -0.381 e. The molecule has 0 spiro atoms. The molecule has 7 nitrogen and oxygen atoms in total. The summed E-state index contributed by atoms with van der Waals surface area (Å²) in [5.41, 5.74) is 1.73. The van der Waals surface area contributed by atoms with Gasteiger partial charge in [-0.25, -0.2) is 23.1 Å². The van der Waals surface area contributed by atoms with Gasteiger partial charge in [-0.3, -0.25) is 4.79 Å². The molecule has 4 aromatic rings. The number of thiazole rings is 1. The van der Waals surface area contributed by atoms with Crippen molar-refractivity contribution in [2.24, 2.45) is 0 Å². The van der Waals surface area contributed by atoms with E-state index in [4.69, 9.17) is 9.72 Å². The van der Waals surface area contributed by atoms with Crippen LogP contribution in [0, 0.1) is 17.5 Å². The number of carbonyl (C=O) groups is 1. The maximum Gasteiger partial charge on any atom is 0.216 e. The number of aromatic nitrogens is 2. The molecule has 1 saturated heterocycles. The molecule has 1 fully saturated rings. The van der Waals surface area contributed by atoms with Crippen molar-refractivity contribution in [3.8, 4) is 21.7 Å². The summed E-state index contributed by atoms with van der Waals surface area (Å²) in [5.74, 6) is -1.04. The highest BCUT2D eigenvalue weighted by Crippen LogP contribution is 2.43. The zero-order valence-electron chi connectivity index (χ0n) is 22.2. The fourth-order valence-corrected chi connectivity index (χ4v) is 6.35. The van der Waals surface area contributed by atoms with Gasteiger partial charge in [-0.2, -0.15) is 0 Å². The summed E-state index contributed by atoms with van der Waals surface area (Å²) in [6, 6.07) is 11.7. The highest BCUT2D eigenvalue weighted by molar-refractivity contribution is 8.00. The number of hydrogen-bond donors (Lipinski definition) is 3. The monoisotopic (exact) mass is 599 g/mol. The largest absolute Gasteiger partial charge is 0.381 e. The van der Waals surface area contributed by atoms with Crippen molar-refractivity contribution in [3.63, 3.8) is 0 Å². The molecule has 0 atom stereocenters. The molecular formula is C29H28F3N5O2S2. The molecule has 0 unspecified atom stereocenters. The fourth-order valence-electron chi connectivity index (χ4n) is 4.39. The number of hydrogen-bond acceptors (Lipinski definition) is 8. The number of nitrogens with one attached hydrogen (secondary N) is 3. The second kappa shape index (κ2) is 13.4. The third-order valence-corrected chi connectivity index (χ3v) is 8.58. The Morgan fingerprint density at radius 1 is 1.10 bits per heavy atom. The molecule has 0 aliphatic carbocycles. The summed E-state index contributed by atoms with van der Waals surface area (Å²) in [7, 11) is 0. The average Bonchev–Trinajstić information content (AvgIpc) is 3.42. The van der Waals surface area contributed by atoms with Gasteiger partial charge in [0, 0.05) is 50.9 Å². The van der Waals surface area contributed by atoms with Crippen molar-refractivity contribution < 1.29 is 22.7 Å². The van der Waals surface area contributed by atoms with E-state index >= 15 is 4.39 Å². The molecule has 1 aliphatic heterocycles. The number of halogens is 3. The number of carbonyl (C=O) groups excluding carboxylic acids is 1. The third kappa shape index (κ3) is 7.19. The molecule has 5 rings (SSSR count). The summed E-state index contributed by atoms with van der Waals surface area (Å²) < 4.78 is 52.1. The molecular weight excluding hydrogens is 571 g/mol. The molecule has 0 bridgehead atoms. The van der Waals surface area contributed by atoms with Gasteiger partial charge in [0.05, 0.1) is 26.2 Å². The van der Waals surface area contributed by atoms with Crippen LogP contribution in [0.25, 0.3) is 21.7 Å². The highest BCUT2D eigenvalue weighted by atomic mass is 32.2. The Morgan fingerprint density at radius 2 is 1.93 bits per heavy atom. The summed E-state index contributed by atoms with van der Waals surface area (Å²) in [5, 5.41) is 6.84. The van der Waals surface area contributed by atoms with Crippen molar-refractivity contribution >= 4 is 40.7 Å². The first kappa shape index (κ1) is 28.9. The van der Waals surface area contributed by atoms with E-state index in [0.29, 0.717) is 37.8 Å². The Bertz CT molecular complexity index is 1530. The van der Waals surface area contributed by atoms with E-state index in [0.717, 1.165) is 58.4 Å². The molecule has 0 radical (unpaired) electrons. The smallest absolute Gasteiger partial charge is 0.216 e. The van der Waals surface area contributed by atoms with E-state index in [1.54, 1.807) is 18.3 Å². The lowest BCUT2D eigenvalue weighted by Crippen LogP contribution is -2.26.